The normalized spacial score (nSPS) is 22.0. The second-order valence-electron chi connectivity index (χ2n) is 5.29. The molecule has 5 heteroatoms. The summed E-state index contributed by atoms with van der Waals surface area (Å²) in [4.78, 5) is 13.5. The first-order valence-corrected chi connectivity index (χ1v) is 6.81. The zero-order chi connectivity index (χ0) is 14.5. The first-order valence-electron chi connectivity index (χ1n) is 6.81. The summed E-state index contributed by atoms with van der Waals surface area (Å²) in [6.45, 7) is 1.64. The van der Waals surface area contributed by atoms with Crippen LogP contribution < -0.4 is 10.1 Å². The SMILES string of the molecule is COC(=O)c1ccc(OC[C@@H]2C[C@@H](N(C)C)CN2)cc1. The minimum Gasteiger partial charge on any atom is -0.492 e. The Labute approximate surface area is 119 Å². The molecule has 2 atom stereocenters. The molecule has 1 aliphatic rings. The van der Waals surface area contributed by atoms with E-state index in [0.29, 0.717) is 24.3 Å². The number of likely N-dealkylation sites (N-methyl/N-ethyl adjacent to an activating group) is 1. The lowest BCUT2D eigenvalue weighted by Gasteiger charge is -2.17. The molecule has 0 aromatic heterocycles. The smallest absolute Gasteiger partial charge is 0.337 e. The number of carbonyl (C=O) groups is 1. The minimum atomic E-state index is -0.331. The maximum Gasteiger partial charge on any atom is 0.337 e. The van der Waals surface area contributed by atoms with Crippen LogP contribution in [-0.2, 0) is 4.74 Å². The average Bonchev–Trinajstić information content (AvgIpc) is 2.94. The summed E-state index contributed by atoms with van der Waals surface area (Å²) < 4.78 is 10.4. The molecule has 1 N–H and O–H groups in total. The number of rotatable bonds is 5. The fourth-order valence-corrected chi connectivity index (χ4v) is 2.32. The number of nitrogens with zero attached hydrogens (tertiary/aromatic N) is 1. The third-order valence-corrected chi connectivity index (χ3v) is 3.66. The summed E-state index contributed by atoms with van der Waals surface area (Å²) in [5.41, 5.74) is 0.534. The minimum absolute atomic E-state index is 0.331. The van der Waals surface area contributed by atoms with E-state index >= 15 is 0 Å². The highest BCUT2D eigenvalue weighted by Crippen LogP contribution is 2.16. The molecule has 1 aliphatic heterocycles. The van der Waals surface area contributed by atoms with Crippen LogP contribution in [0.25, 0.3) is 0 Å². The molecule has 1 fully saturated rings. The van der Waals surface area contributed by atoms with Crippen molar-refractivity contribution in [3.8, 4) is 5.75 Å². The lowest BCUT2D eigenvalue weighted by atomic mass is 10.1. The molecule has 1 aromatic carbocycles. The van der Waals surface area contributed by atoms with Crippen molar-refractivity contribution in [2.75, 3.05) is 34.4 Å². The zero-order valence-electron chi connectivity index (χ0n) is 12.3. The molecule has 0 spiro atoms. The Morgan fingerprint density at radius 2 is 2.05 bits per heavy atom. The summed E-state index contributed by atoms with van der Waals surface area (Å²) in [5, 5.41) is 3.46. The molecule has 1 heterocycles. The number of methoxy groups -OCH3 is 1. The average molecular weight is 278 g/mol. The van der Waals surface area contributed by atoms with Crippen LogP contribution in [0, 0.1) is 0 Å². The molecule has 2 rings (SSSR count). The first kappa shape index (κ1) is 14.8. The van der Waals surface area contributed by atoms with Gasteiger partial charge in [-0.25, -0.2) is 4.79 Å². The lowest BCUT2D eigenvalue weighted by Crippen LogP contribution is -2.29. The number of hydrogen-bond donors (Lipinski definition) is 1. The molecule has 1 saturated heterocycles. The Hall–Kier alpha value is -1.59. The van der Waals surface area contributed by atoms with E-state index in [1.54, 1.807) is 24.3 Å². The van der Waals surface area contributed by atoms with Crippen molar-refractivity contribution < 1.29 is 14.3 Å². The van der Waals surface area contributed by atoms with Gasteiger partial charge in [-0.15, -0.1) is 0 Å². The number of benzene rings is 1. The maximum absolute atomic E-state index is 11.3. The monoisotopic (exact) mass is 278 g/mol. The van der Waals surface area contributed by atoms with Crippen molar-refractivity contribution >= 4 is 5.97 Å². The molecular weight excluding hydrogens is 256 g/mol. The molecule has 110 valence electrons. The largest absolute Gasteiger partial charge is 0.492 e. The predicted molar refractivity (Wildman–Crippen MR) is 77.2 cm³/mol. The predicted octanol–water partition coefficient (Wildman–Crippen LogP) is 1.14. The standard InChI is InChI=1S/C15H22N2O3/c1-17(2)13-8-12(16-9-13)10-20-14-6-4-11(5-7-14)15(18)19-3/h4-7,12-13,16H,8-10H2,1-3H3/t12-,13+/m0/s1. The third-order valence-electron chi connectivity index (χ3n) is 3.66. The first-order chi connectivity index (χ1) is 9.60. The second kappa shape index (κ2) is 6.72. The van der Waals surface area contributed by atoms with Crippen molar-refractivity contribution in [1.82, 2.24) is 10.2 Å². The van der Waals surface area contributed by atoms with E-state index in [0.717, 1.165) is 18.7 Å². The van der Waals surface area contributed by atoms with Gasteiger partial charge in [-0.3, -0.25) is 0 Å². The Kier molecular flexibility index (Phi) is 4.98. The summed E-state index contributed by atoms with van der Waals surface area (Å²) in [6.07, 6.45) is 1.09. The molecule has 5 nitrogen and oxygen atoms in total. The van der Waals surface area contributed by atoms with Gasteiger partial charge in [0.15, 0.2) is 0 Å². The number of hydrogen-bond acceptors (Lipinski definition) is 5. The van der Waals surface area contributed by atoms with Gasteiger partial charge < -0.3 is 19.7 Å². The van der Waals surface area contributed by atoms with Crippen LogP contribution in [0.3, 0.4) is 0 Å². The van der Waals surface area contributed by atoms with Gasteiger partial charge in [-0.05, 0) is 44.8 Å². The molecule has 0 amide bonds. The van der Waals surface area contributed by atoms with Crippen LogP contribution in [0.2, 0.25) is 0 Å². The quantitative estimate of drug-likeness (QED) is 0.819. The number of carbonyl (C=O) groups excluding carboxylic acids is 1. The highest BCUT2D eigenvalue weighted by atomic mass is 16.5. The van der Waals surface area contributed by atoms with Gasteiger partial charge >= 0.3 is 5.97 Å². The van der Waals surface area contributed by atoms with Crippen molar-refractivity contribution in [2.24, 2.45) is 0 Å². The van der Waals surface area contributed by atoms with Gasteiger partial charge in [0.2, 0.25) is 0 Å². The van der Waals surface area contributed by atoms with Crippen LogP contribution in [0.1, 0.15) is 16.8 Å². The van der Waals surface area contributed by atoms with Gasteiger partial charge in [-0.2, -0.15) is 0 Å². The maximum atomic E-state index is 11.3. The van der Waals surface area contributed by atoms with Crippen molar-refractivity contribution in [1.29, 1.82) is 0 Å². The highest BCUT2D eigenvalue weighted by molar-refractivity contribution is 5.89. The van der Waals surface area contributed by atoms with Crippen LogP contribution in [0.5, 0.6) is 5.75 Å². The van der Waals surface area contributed by atoms with Gasteiger partial charge in [0.25, 0.3) is 0 Å². The topological polar surface area (TPSA) is 50.8 Å². The van der Waals surface area contributed by atoms with Gasteiger partial charge in [0.05, 0.1) is 12.7 Å². The lowest BCUT2D eigenvalue weighted by molar-refractivity contribution is 0.0600. The van der Waals surface area contributed by atoms with E-state index in [4.69, 9.17) is 4.74 Å². The second-order valence-corrected chi connectivity index (χ2v) is 5.29. The zero-order valence-corrected chi connectivity index (χ0v) is 12.3. The van der Waals surface area contributed by atoms with Gasteiger partial charge in [0, 0.05) is 18.6 Å². The Morgan fingerprint density at radius 3 is 2.60 bits per heavy atom. The van der Waals surface area contributed by atoms with Crippen LogP contribution in [-0.4, -0.2) is 57.3 Å². The van der Waals surface area contributed by atoms with Crippen molar-refractivity contribution in [2.45, 2.75) is 18.5 Å². The number of esters is 1. The molecule has 1 aromatic rings. The Morgan fingerprint density at radius 1 is 1.35 bits per heavy atom. The molecule has 0 bridgehead atoms. The molecular formula is C15H22N2O3. The highest BCUT2D eigenvalue weighted by Gasteiger charge is 2.25. The molecule has 0 aliphatic carbocycles. The van der Waals surface area contributed by atoms with E-state index in [1.165, 1.54) is 7.11 Å². The van der Waals surface area contributed by atoms with E-state index in [1.807, 2.05) is 0 Å². The van der Waals surface area contributed by atoms with Crippen LogP contribution >= 0.6 is 0 Å². The number of ether oxygens (including phenoxy) is 2. The van der Waals surface area contributed by atoms with Gasteiger partial charge in [0.1, 0.15) is 12.4 Å². The summed E-state index contributed by atoms with van der Waals surface area (Å²) in [5.74, 6) is 0.440. The van der Waals surface area contributed by atoms with E-state index in [-0.39, 0.29) is 5.97 Å². The fraction of sp³-hybridized carbons (Fsp3) is 0.533. The van der Waals surface area contributed by atoms with Crippen molar-refractivity contribution in [3.63, 3.8) is 0 Å². The number of nitrogens with one attached hydrogen (secondary N) is 1. The fourth-order valence-electron chi connectivity index (χ4n) is 2.32. The van der Waals surface area contributed by atoms with E-state index < -0.39 is 0 Å². The third kappa shape index (κ3) is 3.71. The van der Waals surface area contributed by atoms with Crippen LogP contribution in [0.4, 0.5) is 0 Å². The molecule has 0 radical (unpaired) electrons. The molecule has 0 saturated carbocycles. The summed E-state index contributed by atoms with van der Waals surface area (Å²) in [6, 6.07) is 7.97. The Bertz CT molecular complexity index is 445. The van der Waals surface area contributed by atoms with E-state index in [2.05, 4.69) is 29.0 Å². The van der Waals surface area contributed by atoms with Crippen LogP contribution in [0.15, 0.2) is 24.3 Å². The van der Waals surface area contributed by atoms with Gasteiger partial charge in [-0.1, -0.05) is 0 Å². The van der Waals surface area contributed by atoms with E-state index in [9.17, 15) is 4.79 Å². The Balaban J connectivity index is 1.81. The molecule has 20 heavy (non-hydrogen) atoms. The molecule has 0 unspecified atom stereocenters. The van der Waals surface area contributed by atoms with Crippen molar-refractivity contribution in [3.05, 3.63) is 29.8 Å². The summed E-state index contributed by atoms with van der Waals surface area (Å²) in [7, 11) is 5.57. The summed E-state index contributed by atoms with van der Waals surface area (Å²) >= 11 is 0.